The Morgan fingerprint density at radius 1 is 0.844 bits per heavy atom. The lowest BCUT2D eigenvalue weighted by molar-refractivity contribution is 0.0724. The van der Waals surface area contributed by atoms with E-state index < -0.39 is 0 Å². The first-order valence-electron chi connectivity index (χ1n) is 10.7. The van der Waals surface area contributed by atoms with Crippen molar-refractivity contribution in [1.82, 2.24) is 10.2 Å². The molecule has 3 aromatic rings. The van der Waals surface area contributed by atoms with E-state index in [4.69, 9.17) is 4.42 Å². The fourth-order valence-electron chi connectivity index (χ4n) is 3.68. The molecule has 1 saturated heterocycles. The zero-order valence-electron chi connectivity index (χ0n) is 17.7. The molecule has 1 aliphatic rings. The molecule has 0 aliphatic carbocycles. The summed E-state index contributed by atoms with van der Waals surface area (Å²) in [6.45, 7) is 1.92. The van der Waals surface area contributed by atoms with Crippen molar-refractivity contribution in [3.05, 3.63) is 89.4 Å². The zero-order chi connectivity index (χ0) is 22.3. The average molecular weight is 431 g/mol. The van der Waals surface area contributed by atoms with Crippen molar-refractivity contribution >= 4 is 23.4 Å². The molecule has 0 unspecified atom stereocenters. The number of piperidine rings is 1. The minimum absolute atomic E-state index is 0.0464. The molecular formula is C25H25N3O4. The number of benzene rings is 2. The van der Waals surface area contributed by atoms with E-state index in [1.165, 1.54) is 12.7 Å². The number of nitrogens with zero attached hydrogens (tertiary/aromatic N) is 1. The van der Waals surface area contributed by atoms with Gasteiger partial charge in [-0.05, 0) is 73.4 Å². The van der Waals surface area contributed by atoms with Gasteiger partial charge in [-0.3, -0.25) is 14.4 Å². The number of nitrogens with one attached hydrogen (secondary N) is 2. The average Bonchev–Trinajstić information content (AvgIpc) is 3.39. The van der Waals surface area contributed by atoms with Crippen LogP contribution >= 0.6 is 0 Å². The van der Waals surface area contributed by atoms with Gasteiger partial charge in [-0.15, -0.1) is 0 Å². The number of carbonyl (C=O) groups is 3. The van der Waals surface area contributed by atoms with Gasteiger partial charge >= 0.3 is 0 Å². The Morgan fingerprint density at radius 3 is 2.34 bits per heavy atom. The fraction of sp³-hybridized carbons (Fsp3) is 0.240. The minimum atomic E-state index is -0.355. The standard InChI is InChI=1S/C25H25N3O4/c29-23(19-9-11-21(12-10-19)27-24(30)22-8-5-15-32-22)26-17-18-6-4-7-20(16-18)25(31)28-13-2-1-3-14-28/h4-12,15-16H,1-3,13-14,17H2,(H,26,29)(H,27,30). The highest BCUT2D eigenvalue weighted by molar-refractivity contribution is 6.02. The molecule has 2 heterocycles. The normalized spacial score (nSPS) is 13.4. The van der Waals surface area contributed by atoms with Crippen LogP contribution in [0, 0.1) is 0 Å². The topological polar surface area (TPSA) is 91.7 Å². The molecule has 2 aromatic carbocycles. The first kappa shape index (κ1) is 21.4. The first-order chi connectivity index (χ1) is 15.6. The Balaban J connectivity index is 1.32. The fourth-order valence-corrected chi connectivity index (χ4v) is 3.68. The van der Waals surface area contributed by atoms with E-state index in [2.05, 4.69) is 10.6 Å². The number of carbonyl (C=O) groups excluding carboxylic acids is 3. The van der Waals surface area contributed by atoms with Crippen LogP contribution in [0.3, 0.4) is 0 Å². The van der Waals surface area contributed by atoms with Gasteiger partial charge < -0.3 is 20.0 Å². The van der Waals surface area contributed by atoms with Crippen molar-refractivity contribution in [2.75, 3.05) is 18.4 Å². The molecule has 0 bridgehead atoms. The molecule has 164 valence electrons. The maximum Gasteiger partial charge on any atom is 0.291 e. The van der Waals surface area contributed by atoms with E-state index in [1.54, 1.807) is 36.4 Å². The molecule has 2 N–H and O–H groups in total. The summed E-state index contributed by atoms with van der Waals surface area (Å²) in [4.78, 5) is 39.1. The van der Waals surface area contributed by atoms with Gasteiger partial charge in [-0.25, -0.2) is 0 Å². The second kappa shape index (κ2) is 9.96. The Labute approximate surface area is 186 Å². The van der Waals surface area contributed by atoms with Crippen molar-refractivity contribution in [3.8, 4) is 0 Å². The van der Waals surface area contributed by atoms with Crippen LogP contribution in [0.2, 0.25) is 0 Å². The zero-order valence-corrected chi connectivity index (χ0v) is 17.7. The van der Waals surface area contributed by atoms with Gasteiger partial charge in [0.25, 0.3) is 17.7 Å². The minimum Gasteiger partial charge on any atom is -0.459 e. The van der Waals surface area contributed by atoms with Crippen LogP contribution < -0.4 is 10.6 Å². The summed E-state index contributed by atoms with van der Waals surface area (Å²) in [5, 5.41) is 5.59. The lowest BCUT2D eigenvalue weighted by Crippen LogP contribution is -2.35. The quantitative estimate of drug-likeness (QED) is 0.615. The number of hydrogen-bond donors (Lipinski definition) is 2. The third-order valence-corrected chi connectivity index (χ3v) is 5.42. The molecule has 3 amide bonds. The highest BCUT2D eigenvalue weighted by atomic mass is 16.3. The molecule has 0 saturated carbocycles. The van der Waals surface area contributed by atoms with Crippen molar-refractivity contribution in [2.45, 2.75) is 25.8 Å². The molecule has 4 rings (SSSR count). The molecule has 0 radical (unpaired) electrons. The van der Waals surface area contributed by atoms with Crippen LogP contribution in [0.5, 0.6) is 0 Å². The highest BCUT2D eigenvalue weighted by Gasteiger charge is 2.18. The van der Waals surface area contributed by atoms with Gasteiger partial charge in [0.1, 0.15) is 0 Å². The summed E-state index contributed by atoms with van der Waals surface area (Å²) < 4.78 is 5.06. The number of furan rings is 1. The van der Waals surface area contributed by atoms with Crippen molar-refractivity contribution in [2.24, 2.45) is 0 Å². The van der Waals surface area contributed by atoms with E-state index in [9.17, 15) is 14.4 Å². The highest BCUT2D eigenvalue weighted by Crippen LogP contribution is 2.15. The van der Waals surface area contributed by atoms with E-state index in [0.717, 1.165) is 31.5 Å². The van der Waals surface area contributed by atoms with Crippen molar-refractivity contribution in [1.29, 1.82) is 0 Å². The maximum absolute atomic E-state index is 12.7. The number of rotatable bonds is 6. The number of anilines is 1. The van der Waals surface area contributed by atoms with Crippen molar-refractivity contribution < 1.29 is 18.8 Å². The summed E-state index contributed by atoms with van der Waals surface area (Å²) in [6, 6.07) is 17.2. The van der Waals surface area contributed by atoms with Crippen LogP contribution in [-0.2, 0) is 6.54 Å². The predicted octanol–water partition coefficient (Wildman–Crippen LogP) is 4.09. The van der Waals surface area contributed by atoms with E-state index in [-0.39, 0.29) is 23.5 Å². The molecule has 1 aliphatic heterocycles. The van der Waals surface area contributed by atoms with Gasteiger partial charge in [0.2, 0.25) is 0 Å². The molecule has 0 atom stereocenters. The lowest BCUT2D eigenvalue weighted by Gasteiger charge is -2.26. The largest absolute Gasteiger partial charge is 0.459 e. The van der Waals surface area contributed by atoms with Crippen LogP contribution in [0.15, 0.2) is 71.3 Å². The maximum atomic E-state index is 12.7. The second-order valence-electron chi connectivity index (χ2n) is 7.74. The SMILES string of the molecule is O=C(NCc1cccc(C(=O)N2CCCCC2)c1)c1ccc(NC(=O)c2ccco2)cc1. The number of amides is 3. The second-order valence-corrected chi connectivity index (χ2v) is 7.74. The van der Waals surface area contributed by atoms with E-state index >= 15 is 0 Å². The molecular weight excluding hydrogens is 406 g/mol. The van der Waals surface area contributed by atoms with Crippen LogP contribution in [-0.4, -0.2) is 35.7 Å². The Kier molecular flexibility index (Phi) is 6.65. The van der Waals surface area contributed by atoms with Gasteiger partial charge in [0.05, 0.1) is 6.26 Å². The molecule has 7 nitrogen and oxygen atoms in total. The third-order valence-electron chi connectivity index (χ3n) is 5.42. The van der Waals surface area contributed by atoms with Crippen LogP contribution in [0.25, 0.3) is 0 Å². The van der Waals surface area contributed by atoms with Crippen LogP contribution in [0.4, 0.5) is 5.69 Å². The van der Waals surface area contributed by atoms with Gasteiger partial charge in [0, 0.05) is 36.4 Å². The smallest absolute Gasteiger partial charge is 0.291 e. The first-order valence-corrected chi connectivity index (χ1v) is 10.7. The number of hydrogen-bond acceptors (Lipinski definition) is 4. The van der Waals surface area contributed by atoms with E-state index in [1.807, 2.05) is 29.2 Å². The Hall–Kier alpha value is -3.87. The molecule has 7 heteroatoms. The van der Waals surface area contributed by atoms with Gasteiger partial charge in [-0.2, -0.15) is 0 Å². The summed E-state index contributed by atoms with van der Waals surface area (Å²) in [7, 11) is 0. The molecule has 0 spiro atoms. The third kappa shape index (κ3) is 5.24. The summed E-state index contributed by atoms with van der Waals surface area (Å²) >= 11 is 0. The lowest BCUT2D eigenvalue weighted by atomic mass is 10.1. The summed E-state index contributed by atoms with van der Waals surface area (Å²) in [5.74, 6) is -0.328. The predicted molar refractivity (Wildman–Crippen MR) is 120 cm³/mol. The van der Waals surface area contributed by atoms with Crippen molar-refractivity contribution in [3.63, 3.8) is 0 Å². The monoisotopic (exact) mass is 431 g/mol. The van der Waals surface area contributed by atoms with E-state index in [0.29, 0.717) is 23.4 Å². The Bertz CT molecular complexity index is 1080. The molecule has 1 fully saturated rings. The van der Waals surface area contributed by atoms with Gasteiger partial charge in [0.15, 0.2) is 5.76 Å². The number of likely N-dealkylation sites (tertiary alicyclic amines) is 1. The molecule has 32 heavy (non-hydrogen) atoms. The summed E-state index contributed by atoms with van der Waals surface area (Å²) in [5.41, 5.74) is 2.55. The van der Waals surface area contributed by atoms with Crippen LogP contribution in [0.1, 0.15) is 56.1 Å². The summed E-state index contributed by atoms with van der Waals surface area (Å²) in [6.07, 6.45) is 4.70. The van der Waals surface area contributed by atoms with Gasteiger partial charge in [-0.1, -0.05) is 12.1 Å². The molecule has 1 aromatic heterocycles. The Morgan fingerprint density at radius 2 is 1.62 bits per heavy atom.